The van der Waals surface area contributed by atoms with Gasteiger partial charge in [0, 0.05) is 17.3 Å². The normalized spacial score (nSPS) is 11.8. The van der Waals surface area contributed by atoms with Crippen LogP contribution in [0, 0.1) is 0 Å². The Kier molecular flexibility index (Phi) is 5.48. The maximum absolute atomic E-state index is 11.5. The highest BCUT2D eigenvalue weighted by atomic mass is 32.2. The van der Waals surface area contributed by atoms with Crippen molar-refractivity contribution in [2.24, 2.45) is 0 Å². The molecule has 1 aromatic heterocycles. The number of thioether (sulfide) groups is 1. The minimum atomic E-state index is -1.00. The molecular weight excluding hydrogens is 240 g/mol. The molecule has 1 aromatic rings. The average molecular weight is 254 g/mol. The fourth-order valence-corrected chi connectivity index (χ4v) is 1.85. The van der Waals surface area contributed by atoms with E-state index in [1.807, 2.05) is 0 Å². The Morgan fingerprint density at radius 3 is 2.65 bits per heavy atom. The molecule has 2 N–H and O–H groups in total. The third-order valence-electron chi connectivity index (χ3n) is 2.06. The molecule has 0 saturated heterocycles. The van der Waals surface area contributed by atoms with E-state index >= 15 is 0 Å². The van der Waals surface area contributed by atoms with Gasteiger partial charge in [-0.3, -0.25) is 9.78 Å². The molecule has 1 heterocycles. The number of aromatic nitrogens is 1. The second-order valence-corrected chi connectivity index (χ2v) is 4.39. The molecule has 1 atom stereocenters. The van der Waals surface area contributed by atoms with Crippen LogP contribution in [0.5, 0.6) is 0 Å². The number of amides is 1. The van der Waals surface area contributed by atoms with E-state index in [-0.39, 0.29) is 11.7 Å². The van der Waals surface area contributed by atoms with Gasteiger partial charge in [-0.1, -0.05) is 6.92 Å². The lowest BCUT2D eigenvalue weighted by molar-refractivity contribution is -0.141. The van der Waals surface area contributed by atoms with Crippen molar-refractivity contribution in [3.63, 3.8) is 0 Å². The van der Waals surface area contributed by atoms with Gasteiger partial charge in [-0.2, -0.15) is 0 Å². The largest absolute Gasteiger partial charge is 0.480 e. The van der Waals surface area contributed by atoms with E-state index in [1.165, 1.54) is 11.8 Å². The third kappa shape index (κ3) is 4.86. The van der Waals surface area contributed by atoms with E-state index in [1.54, 1.807) is 31.5 Å². The molecule has 1 rings (SSSR count). The predicted molar refractivity (Wildman–Crippen MR) is 64.8 cm³/mol. The molecule has 17 heavy (non-hydrogen) atoms. The molecule has 0 unspecified atom stereocenters. The van der Waals surface area contributed by atoms with Crippen LogP contribution in [0.4, 0.5) is 0 Å². The molecule has 5 nitrogen and oxygen atoms in total. The molecule has 0 aliphatic carbocycles. The summed E-state index contributed by atoms with van der Waals surface area (Å²) in [4.78, 5) is 27.0. The molecule has 92 valence electrons. The predicted octanol–water partition coefficient (Wildman–Crippen LogP) is 1.15. The first-order valence-corrected chi connectivity index (χ1v) is 6.17. The Morgan fingerprint density at radius 1 is 1.47 bits per heavy atom. The first kappa shape index (κ1) is 13.5. The zero-order valence-corrected chi connectivity index (χ0v) is 10.2. The zero-order chi connectivity index (χ0) is 12.7. The van der Waals surface area contributed by atoms with Crippen LogP contribution in [0.3, 0.4) is 0 Å². The average Bonchev–Trinajstić information content (AvgIpc) is 2.34. The van der Waals surface area contributed by atoms with Crippen LogP contribution in [0.25, 0.3) is 0 Å². The quantitative estimate of drug-likeness (QED) is 0.744. The van der Waals surface area contributed by atoms with Crippen molar-refractivity contribution in [2.45, 2.75) is 24.3 Å². The van der Waals surface area contributed by atoms with Crippen molar-refractivity contribution in [1.82, 2.24) is 10.3 Å². The van der Waals surface area contributed by atoms with E-state index in [9.17, 15) is 9.59 Å². The monoisotopic (exact) mass is 254 g/mol. The number of pyridine rings is 1. The molecule has 0 aliphatic rings. The molecule has 0 fully saturated rings. The Bertz CT molecular complexity index is 384. The summed E-state index contributed by atoms with van der Waals surface area (Å²) < 4.78 is 0. The summed E-state index contributed by atoms with van der Waals surface area (Å²) in [6, 6.07) is 2.79. The maximum atomic E-state index is 11.5. The Balaban J connectivity index is 2.37. The van der Waals surface area contributed by atoms with Gasteiger partial charge < -0.3 is 10.4 Å². The lowest BCUT2D eigenvalue weighted by atomic mass is 10.2. The molecule has 0 spiro atoms. The van der Waals surface area contributed by atoms with Gasteiger partial charge >= 0.3 is 5.97 Å². The van der Waals surface area contributed by atoms with Crippen molar-refractivity contribution in [3.8, 4) is 0 Å². The lowest BCUT2D eigenvalue weighted by Gasteiger charge is -2.11. The highest BCUT2D eigenvalue weighted by Gasteiger charge is 2.17. The van der Waals surface area contributed by atoms with Gasteiger partial charge in [0.15, 0.2) is 0 Å². The van der Waals surface area contributed by atoms with Gasteiger partial charge in [-0.15, -0.1) is 11.8 Å². The van der Waals surface area contributed by atoms with Gasteiger partial charge in [0.05, 0.1) is 5.75 Å². The van der Waals surface area contributed by atoms with E-state index in [4.69, 9.17) is 5.11 Å². The van der Waals surface area contributed by atoms with Crippen LogP contribution in [-0.2, 0) is 9.59 Å². The number of rotatable bonds is 6. The molecular formula is C11H14N2O3S. The molecule has 6 heteroatoms. The van der Waals surface area contributed by atoms with Gasteiger partial charge in [0.25, 0.3) is 0 Å². The topological polar surface area (TPSA) is 79.3 Å². The van der Waals surface area contributed by atoms with E-state index < -0.39 is 12.0 Å². The number of carbonyl (C=O) groups excluding carboxylic acids is 1. The summed E-state index contributed by atoms with van der Waals surface area (Å²) in [7, 11) is 0. The van der Waals surface area contributed by atoms with Crippen LogP contribution >= 0.6 is 11.8 Å². The smallest absolute Gasteiger partial charge is 0.326 e. The van der Waals surface area contributed by atoms with Crippen molar-refractivity contribution >= 4 is 23.6 Å². The van der Waals surface area contributed by atoms with Crippen molar-refractivity contribution < 1.29 is 14.7 Å². The van der Waals surface area contributed by atoms with Gasteiger partial charge in [0.1, 0.15) is 6.04 Å². The van der Waals surface area contributed by atoms with Gasteiger partial charge in [-0.05, 0) is 18.6 Å². The molecule has 0 bridgehead atoms. The van der Waals surface area contributed by atoms with Crippen molar-refractivity contribution in [3.05, 3.63) is 24.5 Å². The highest BCUT2D eigenvalue weighted by molar-refractivity contribution is 8.00. The maximum Gasteiger partial charge on any atom is 0.326 e. The second-order valence-electron chi connectivity index (χ2n) is 3.34. The molecule has 0 radical (unpaired) electrons. The highest BCUT2D eigenvalue weighted by Crippen LogP contribution is 2.15. The number of aliphatic carboxylic acids is 1. The number of nitrogens with one attached hydrogen (secondary N) is 1. The molecule has 0 aliphatic heterocycles. The van der Waals surface area contributed by atoms with Crippen LogP contribution in [0.1, 0.15) is 13.3 Å². The fourth-order valence-electron chi connectivity index (χ4n) is 1.16. The Morgan fingerprint density at radius 2 is 2.12 bits per heavy atom. The van der Waals surface area contributed by atoms with E-state index in [0.717, 1.165) is 4.90 Å². The van der Waals surface area contributed by atoms with Crippen molar-refractivity contribution in [1.29, 1.82) is 0 Å². The summed E-state index contributed by atoms with van der Waals surface area (Å²) in [6.07, 6.45) is 3.67. The van der Waals surface area contributed by atoms with Crippen LogP contribution in [0.2, 0.25) is 0 Å². The summed E-state index contributed by atoms with van der Waals surface area (Å²) >= 11 is 1.35. The SMILES string of the molecule is CC[C@@H](NC(=O)CSc1ccncc1)C(=O)O. The van der Waals surface area contributed by atoms with E-state index in [0.29, 0.717) is 6.42 Å². The first-order chi connectivity index (χ1) is 8.13. The van der Waals surface area contributed by atoms with Crippen LogP contribution in [0.15, 0.2) is 29.4 Å². The molecule has 1 amide bonds. The number of carboxylic acid groups (broad SMARTS) is 1. The number of carbonyl (C=O) groups is 2. The zero-order valence-electron chi connectivity index (χ0n) is 9.42. The number of hydrogen-bond acceptors (Lipinski definition) is 4. The lowest BCUT2D eigenvalue weighted by Crippen LogP contribution is -2.41. The van der Waals surface area contributed by atoms with Crippen LogP contribution in [-0.4, -0.2) is 33.8 Å². The number of hydrogen-bond donors (Lipinski definition) is 2. The summed E-state index contributed by atoms with van der Waals surface area (Å²) in [5.74, 6) is -1.08. The Labute approximate surface area is 104 Å². The van der Waals surface area contributed by atoms with E-state index in [2.05, 4.69) is 10.3 Å². The van der Waals surface area contributed by atoms with Gasteiger partial charge in [-0.25, -0.2) is 4.79 Å². The summed E-state index contributed by atoms with van der Waals surface area (Å²) in [5, 5.41) is 11.2. The second kappa shape index (κ2) is 6.90. The van der Waals surface area contributed by atoms with Crippen molar-refractivity contribution in [2.75, 3.05) is 5.75 Å². The van der Waals surface area contributed by atoms with Gasteiger partial charge in [0.2, 0.25) is 5.91 Å². The fraction of sp³-hybridized carbons (Fsp3) is 0.364. The minimum Gasteiger partial charge on any atom is -0.480 e. The third-order valence-corrected chi connectivity index (χ3v) is 3.07. The first-order valence-electron chi connectivity index (χ1n) is 5.18. The minimum absolute atomic E-state index is 0.202. The standard InChI is InChI=1S/C11H14N2O3S/c1-2-9(11(15)16)13-10(14)7-17-8-3-5-12-6-4-8/h3-6,9H,2,7H2,1H3,(H,13,14)(H,15,16)/t9-/m1/s1. The van der Waals surface area contributed by atoms with Crippen LogP contribution < -0.4 is 5.32 Å². The molecule has 0 saturated carbocycles. The number of nitrogens with zero attached hydrogens (tertiary/aromatic N) is 1. The summed E-state index contributed by atoms with van der Waals surface area (Å²) in [5.41, 5.74) is 0. The molecule has 0 aromatic carbocycles. The Hall–Kier alpha value is -1.56. The summed E-state index contributed by atoms with van der Waals surface area (Å²) in [6.45, 7) is 1.72. The number of carboxylic acids is 1.